The highest BCUT2D eigenvalue weighted by molar-refractivity contribution is 7.69. The molecule has 10 heteroatoms. The molecule has 1 aromatic carbocycles. The van der Waals surface area contributed by atoms with Gasteiger partial charge in [-0.2, -0.15) is 0 Å². The Morgan fingerprint density at radius 3 is 2.46 bits per heavy atom. The van der Waals surface area contributed by atoms with Crippen LogP contribution >= 0.6 is 18.7 Å². The van der Waals surface area contributed by atoms with Gasteiger partial charge in [-0.05, 0) is 44.9 Å². The van der Waals surface area contributed by atoms with Crippen molar-refractivity contribution in [2.75, 3.05) is 18.6 Å². The minimum Gasteiger partial charge on any atom is -0.375 e. The minimum atomic E-state index is -2.58. The number of aryl methyl sites for hydroxylation is 1. The summed E-state index contributed by atoms with van der Waals surface area (Å²) < 4.78 is 55.8. The van der Waals surface area contributed by atoms with Crippen molar-refractivity contribution in [3.63, 3.8) is 0 Å². The Labute approximate surface area is 206 Å². The summed E-state index contributed by atoms with van der Waals surface area (Å²) in [5.74, 6) is -2.52. The molecule has 4 rings (SSSR count). The number of fused-ring (bicyclic) bond motifs is 1. The number of hydrogen-bond acceptors (Lipinski definition) is 5. The highest BCUT2D eigenvalue weighted by Crippen LogP contribution is 2.38. The lowest BCUT2D eigenvalue weighted by atomic mass is 10.0. The van der Waals surface area contributed by atoms with Crippen LogP contribution in [0.25, 0.3) is 22.3 Å². The smallest absolute Gasteiger partial charge is 0.164 e. The maximum atomic E-state index is 15.1. The number of halogens is 4. The molecule has 5 nitrogen and oxygen atoms in total. The zero-order valence-corrected chi connectivity index (χ0v) is 21.2. The Bertz CT molecular complexity index is 1470. The maximum Gasteiger partial charge on any atom is 0.164 e. The van der Waals surface area contributed by atoms with Crippen molar-refractivity contribution in [1.82, 2.24) is 15.0 Å². The SMILES string of the molecule is CCC(Nc1c(Cl)c(C)nc2cc(F)c(-c3ccc(P(C)(C)=O)nc3)nc12)c1cccc(F)c1F. The van der Waals surface area contributed by atoms with Crippen LogP contribution in [0.3, 0.4) is 0 Å². The molecule has 0 spiro atoms. The Balaban J connectivity index is 1.86. The van der Waals surface area contributed by atoms with Crippen LogP contribution in [0.4, 0.5) is 18.9 Å². The molecular weight excluding hydrogens is 496 g/mol. The highest BCUT2D eigenvalue weighted by Gasteiger charge is 2.22. The molecule has 0 radical (unpaired) electrons. The number of pyridine rings is 3. The van der Waals surface area contributed by atoms with E-state index >= 15 is 4.39 Å². The van der Waals surface area contributed by atoms with Gasteiger partial charge >= 0.3 is 0 Å². The van der Waals surface area contributed by atoms with Gasteiger partial charge in [-0.25, -0.2) is 23.1 Å². The summed E-state index contributed by atoms with van der Waals surface area (Å²) in [7, 11) is -2.58. The first-order valence-electron chi connectivity index (χ1n) is 10.9. The molecule has 0 aliphatic carbocycles. The van der Waals surface area contributed by atoms with E-state index in [0.29, 0.717) is 28.8 Å². The van der Waals surface area contributed by atoms with Gasteiger partial charge in [0.25, 0.3) is 0 Å². The molecule has 0 bridgehead atoms. The fourth-order valence-corrected chi connectivity index (χ4v) is 4.76. The first-order valence-corrected chi connectivity index (χ1v) is 13.9. The standard InChI is InChI=1S/C25H23ClF3N4OP/c1-5-18(15-7-6-8-16(27)22(15)29)32-25-21(26)13(2)31-19-11-17(28)23(33-24(19)25)14-9-10-20(30-12-14)35(3,4)34/h6-12,18H,5H2,1-4H3,(H,31,32). The normalized spacial score (nSPS) is 12.7. The number of benzene rings is 1. The third-order valence-corrected chi connectivity index (χ3v) is 7.51. The summed E-state index contributed by atoms with van der Waals surface area (Å²) in [5.41, 5.74) is 2.24. The van der Waals surface area contributed by atoms with Crippen LogP contribution in [0.15, 0.2) is 42.6 Å². The van der Waals surface area contributed by atoms with Gasteiger partial charge in [0, 0.05) is 23.4 Å². The van der Waals surface area contributed by atoms with E-state index in [2.05, 4.69) is 20.3 Å². The molecule has 3 aromatic heterocycles. The number of rotatable bonds is 6. The molecule has 0 saturated carbocycles. The fraction of sp³-hybridized carbons (Fsp3) is 0.240. The van der Waals surface area contributed by atoms with E-state index in [9.17, 15) is 13.3 Å². The second kappa shape index (κ2) is 9.59. The van der Waals surface area contributed by atoms with Crippen LogP contribution in [-0.2, 0) is 4.57 Å². The largest absolute Gasteiger partial charge is 0.375 e. The molecule has 0 aliphatic rings. The van der Waals surface area contributed by atoms with E-state index in [1.165, 1.54) is 24.4 Å². The van der Waals surface area contributed by atoms with E-state index in [-0.39, 0.29) is 27.3 Å². The molecule has 0 aliphatic heterocycles. The second-order valence-corrected chi connectivity index (χ2v) is 12.1. The van der Waals surface area contributed by atoms with Gasteiger partial charge in [-0.15, -0.1) is 0 Å². The predicted octanol–water partition coefficient (Wildman–Crippen LogP) is 6.88. The number of nitrogens with one attached hydrogen (secondary N) is 1. The van der Waals surface area contributed by atoms with Gasteiger partial charge in [0.1, 0.15) is 18.4 Å². The molecule has 182 valence electrons. The number of aromatic nitrogens is 3. The summed E-state index contributed by atoms with van der Waals surface area (Å²) >= 11 is 6.57. The molecule has 1 atom stereocenters. The van der Waals surface area contributed by atoms with Crippen LogP contribution < -0.4 is 10.8 Å². The molecule has 1 N–H and O–H groups in total. The lowest BCUT2D eigenvalue weighted by Crippen LogP contribution is -2.14. The Morgan fingerprint density at radius 2 is 1.83 bits per heavy atom. The summed E-state index contributed by atoms with van der Waals surface area (Å²) in [4.78, 5) is 13.1. The molecule has 35 heavy (non-hydrogen) atoms. The number of nitrogens with zero attached hydrogens (tertiary/aromatic N) is 3. The van der Waals surface area contributed by atoms with Gasteiger partial charge in [0.15, 0.2) is 17.5 Å². The average Bonchev–Trinajstić information content (AvgIpc) is 2.81. The second-order valence-electron chi connectivity index (χ2n) is 8.58. The first kappa shape index (κ1) is 25.1. The van der Waals surface area contributed by atoms with Crippen LogP contribution in [0.5, 0.6) is 0 Å². The Morgan fingerprint density at radius 1 is 1.09 bits per heavy atom. The zero-order valence-electron chi connectivity index (χ0n) is 19.5. The van der Waals surface area contributed by atoms with E-state index in [1.54, 1.807) is 32.4 Å². The molecule has 0 saturated heterocycles. The van der Waals surface area contributed by atoms with Crippen molar-refractivity contribution < 1.29 is 17.7 Å². The Hall–Kier alpha value is -2.96. The molecular formula is C25H23ClF3N4OP. The predicted molar refractivity (Wildman–Crippen MR) is 135 cm³/mol. The van der Waals surface area contributed by atoms with Gasteiger partial charge < -0.3 is 9.88 Å². The first-order chi connectivity index (χ1) is 16.5. The third-order valence-electron chi connectivity index (χ3n) is 5.67. The van der Waals surface area contributed by atoms with Crippen LogP contribution in [-0.4, -0.2) is 28.3 Å². The van der Waals surface area contributed by atoms with E-state index in [4.69, 9.17) is 11.6 Å². The monoisotopic (exact) mass is 518 g/mol. The lowest BCUT2D eigenvalue weighted by Gasteiger charge is -2.22. The summed E-state index contributed by atoms with van der Waals surface area (Å²) in [5, 5.41) is 3.42. The summed E-state index contributed by atoms with van der Waals surface area (Å²) in [6.07, 6.45) is 1.83. The van der Waals surface area contributed by atoms with Crippen molar-refractivity contribution in [2.24, 2.45) is 0 Å². The van der Waals surface area contributed by atoms with E-state index < -0.39 is 30.6 Å². The van der Waals surface area contributed by atoms with Crippen molar-refractivity contribution in [3.8, 4) is 11.3 Å². The molecule has 4 aromatic rings. The lowest BCUT2D eigenvalue weighted by molar-refractivity contribution is 0.490. The number of hydrogen-bond donors (Lipinski definition) is 1. The topological polar surface area (TPSA) is 67.8 Å². The molecule has 1 unspecified atom stereocenters. The van der Waals surface area contributed by atoms with Crippen molar-refractivity contribution >= 4 is 40.9 Å². The van der Waals surface area contributed by atoms with E-state index in [0.717, 1.165) is 6.07 Å². The number of anilines is 1. The zero-order chi connectivity index (χ0) is 25.5. The van der Waals surface area contributed by atoms with Gasteiger partial charge in [-0.3, -0.25) is 4.98 Å². The molecule has 0 amide bonds. The van der Waals surface area contributed by atoms with E-state index in [1.807, 2.05) is 6.92 Å². The van der Waals surface area contributed by atoms with Crippen molar-refractivity contribution in [3.05, 3.63) is 76.3 Å². The quantitative estimate of drug-likeness (QED) is 0.282. The maximum absolute atomic E-state index is 15.1. The van der Waals surface area contributed by atoms with Crippen molar-refractivity contribution in [1.29, 1.82) is 0 Å². The fourth-order valence-electron chi connectivity index (χ4n) is 3.81. The van der Waals surface area contributed by atoms with Gasteiger partial charge in [0.2, 0.25) is 0 Å². The molecule has 3 heterocycles. The van der Waals surface area contributed by atoms with Crippen molar-refractivity contribution in [2.45, 2.75) is 26.3 Å². The van der Waals surface area contributed by atoms with Crippen LogP contribution in [0, 0.1) is 24.4 Å². The average molecular weight is 519 g/mol. The molecule has 0 fully saturated rings. The third kappa shape index (κ3) is 4.91. The van der Waals surface area contributed by atoms with Gasteiger partial charge in [0.05, 0.1) is 33.4 Å². The highest BCUT2D eigenvalue weighted by atomic mass is 35.5. The van der Waals surface area contributed by atoms with Crippen LogP contribution in [0.1, 0.15) is 30.6 Å². The minimum absolute atomic E-state index is 0.00772. The summed E-state index contributed by atoms with van der Waals surface area (Å²) in [6.45, 7) is 6.68. The summed E-state index contributed by atoms with van der Waals surface area (Å²) in [6, 6.07) is 7.78. The van der Waals surface area contributed by atoms with Crippen LogP contribution in [0.2, 0.25) is 5.02 Å². The van der Waals surface area contributed by atoms with Gasteiger partial charge in [-0.1, -0.05) is 30.7 Å². The Kier molecular flexibility index (Phi) is 6.89.